The molecule has 3 aromatic rings. The average molecular weight is 306 g/mol. The fourth-order valence-corrected chi connectivity index (χ4v) is 2.62. The maximum atomic E-state index is 13.4. The number of nitrogens with one attached hydrogen (secondary N) is 1. The first-order valence-corrected chi connectivity index (χ1v) is 6.84. The molecule has 0 amide bonds. The van der Waals surface area contributed by atoms with Gasteiger partial charge in [-0.15, -0.1) is 0 Å². The van der Waals surface area contributed by atoms with E-state index in [1.54, 1.807) is 7.05 Å². The van der Waals surface area contributed by atoms with Gasteiger partial charge in [0.25, 0.3) is 5.89 Å². The molecular formula is C13H11FN4O2S. The Balaban J connectivity index is 2.03. The van der Waals surface area contributed by atoms with E-state index in [2.05, 4.69) is 19.8 Å². The molecule has 21 heavy (non-hydrogen) atoms. The molecule has 0 spiro atoms. The molecule has 2 aromatic heterocycles. The summed E-state index contributed by atoms with van der Waals surface area (Å²) >= 11 is 1.30. The summed E-state index contributed by atoms with van der Waals surface area (Å²) in [6.07, 6.45) is 0. The predicted octanol–water partition coefficient (Wildman–Crippen LogP) is 3.05. The second-order valence-electron chi connectivity index (χ2n) is 4.31. The second-order valence-corrected chi connectivity index (χ2v) is 5.08. The number of phenols is 1. The lowest BCUT2D eigenvalue weighted by Crippen LogP contribution is -1.89. The van der Waals surface area contributed by atoms with E-state index in [0.717, 1.165) is 22.3 Å². The first-order valence-electron chi connectivity index (χ1n) is 6.07. The van der Waals surface area contributed by atoms with Gasteiger partial charge in [0.2, 0.25) is 5.82 Å². The van der Waals surface area contributed by atoms with Crippen molar-refractivity contribution in [1.82, 2.24) is 14.5 Å². The molecule has 2 N–H and O–H groups in total. The Morgan fingerprint density at radius 1 is 1.38 bits per heavy atom. The Morgan fingerprint density at radius 2 is 2.19 bits per heavy atom. The quantitative estimate of drug-likeness (QED) is 0.773. The van der Waals surface area contributed by atoms with Crippen LogP contribution in [0.5, 0.6) is 5.75 Å². The summed E-state index contributed by atoms with van der Waals surface area (Å²) in [7, 11) is 1.78. The molecule has 2 heterocycles. The van der Waals surface area contributed by atoms with Crippen molar-refractivity contribution in [3.63, 3.8) is 0 Å². The minimum Gasteiger partial charge on any atom is -0.505 e. The van der Waals surface area contributed by atoms with Gasteiger partial charge in [-0.25, -0.2) is 4.39 Å². The van der Waals surface area contributed by atoms with Crippen LogP contribution in [0.1, 0.15) is 5.69 Å². The van der Waals surface area contributed by atoms with Gasteiger partial charge in [0, 0.05) is 12.6 Å². The van der Waals surface area contributed by atoms with Gasteiger partial charge >= 0.3 is 0 Å². The molecule has 8 heteroatoms. The van der Waals surface area contributed by atoms with E-state index in [1.807, 2.05) is 6.92 Å². The van der Waals surface area contributed by atoms with Crippen LogP contribution >= 0.6 is 11.5 Å². The zero-order valence-electron chi connectivity index (χ0n) is 11.2. The van der Waals surface area contributed by atoms with Gasteiger partial charge in [-0.3, -0.25) is 0 Å². The number of benzene rings is 1. The van der Waals surface area contributed by atoms with Gasteiger partial charge in [0.1, 0.15) is 5.00 Å². The van der Waals surface area contributed by atoms with Gasteiger partial charge in [-0.2, -0.15) is 9.36 Å². The zero-order chi connectivity index (χ0) is 15.0. The lowest BCUT2D eigenvalue weighted by atomic mass is 10.2. The number of aromatic nitrogens is 3. The van der Waals surface area contributed by atoms with Gasteiger partial charge in [0.05, 0.1) is 11.3 Å². The van der Waals surface area contributed by atoms with Crippen LogP contribution in [-0.4, -0.2) is 26.7 Å². The molecule has 0 unspecified atom stereocenters. The monoisotopic (exact) mass is 306 g/mol. The van der Waals surface area contributed by atoms with Crippen molar-refractivity contribution >= 4 is 16.5 Å². The molecular weight excluding hydrogens is 295 g/mol. The molecule has 3 rings (SSSR count). The summed E-state index contributed by atoms with van der Waals surface area (Å²) in [4.78, 5) is 4.26. The Bertz CT molecular complexity index is 799. The van der Waals surface area contributed by atoms with E-state index in [1.165, 1.54) is 23.7 Å². The minimum absolute atomic E-state index is 0.247. The maximum absolute atomic E-state index is 13.4. The van der Waals surface area contributed by atoms with E-state index in [0.29, 0.717) is 11.5 Å². The Morgan fingerprint density at radius 3 is 2.90 bits per heavy atom. The molecule has 0 saturated heterocycles. The number of anilines is 1. The molecule has 0 bridgehead atoms. The topological polar surface area (TPSA) is 84.1 Å². The van der Waals surface area contributed by atoms with Crippen LogP contribution < -0.4 is 5.32 Å². The standard InChI is InChI=1S/C13H11FN4O2S/c1-6-10(13(15-2)21-18-6)12-16-11(17-20-12)7-3-4-9(19)8(14)5-7/h3-5,15,19H,1-2H3. The van der Waals surface area contributed by atoms with Crippen molar-refractivity contribution in [1.29, 1.82) is 0 Å². The molecule has 0 radical (unpaired) electrons. The normalized spacial score (nSPS) is 10.8. The summed E-state index contributed by atoms with van der Waals surface area (Å²) in [5.74, 6) is -0.591. The van der Waals surface area contributed by atoms with E-state index in [-0.39, 0.29) is 5.82 Å². The van der Waals surface area contributed by atoms with Gasteiger partial charge in [-0.05, 0) is 36.7 Å². The van der Waals surface area contributed by atoms with Crippen LogP contribution in [-0.2, 0) is 0 Å². The van der Waals surface area contributed by atoms with Crippen LogP contribution in [0.15, 0.2) is 22.7 Å². The van der Waals surface area contributed by atoms with E-state index >= 15 is 0 Å². The average Bonchev–Trinajstić information content (AvgIpc) is 3.08. The molecule has 0 aliphatic rings. The SMILES string of the molecule is CNc1snc(C)c1-c1nc(-c2ccc(O)c(F)c2)no1. The Kier molecular flexibility index (Phi) is 3.30. The van der Waals surface area contributed by atoms with Crippen molar-refractivity contribution in [2.45, 2.75) is 6.92 Å². The highest BCUT2D eigenvalue weighted by molar-refractivity contribution is 7.10. The Hall–Kier alpha value is -2.48. The molecule has 0 atom stereocenters. The van der Waals surface area contributed by atoms with Crippen LogP contribution in [0, 0.1) is 12.7 Å². The zero-order valence-corrected chi connectivity index (χ0v) is 12.0. The highest BCUT2D eigenvalue weighted by atomic mass is 32.1. The molecule has 6 nitrogen and oxygen atoms in total. The largest absolute Gasteiger partial charge is 0.505 e. The number of aryl methyl sites for hydroxylation is 1. The van der Waals surface area contributed by atoms with Crippen LogP contribution in [0.3, 0.4) is 0 Å². The number of aromatic hydroxyl groups is 1. The van der Waals surface area contributed by atoms with Crippen molar-refractivity contribution in [3.8, 4) is 28.6 Å². The highest BCUT2D eigenvalue weighted by Gasteiger charge is 2.19. The highest BCUT2D eigenvalue weighted by Crippen LogP contribution is 2.34. The number of hydrogen-bond acceptors (Lipinski definition) is 7. The summed E-state index contributed by atoms with van der Waals surface area (Å²) in [6, 6.07) is 3.92. The van der Waals surface area contributed by atoms with Crippen LogP contribution in [0.25, 0.3) is 22.8 Å². The third-order valence-corrected chi connectivity index (χ3v) is 3.89. The second kappa shape index (κ2) is 5.13. The Labute approximate surface area is 123 Å². The van der Waals surface area contributed by atoms with Crippen molar-refractivity contribution < 1.29 is 14.0 Å². The lowest BCUT2D eigenvalue weighted by Gasteiger charge is -1.97. The van der Waals surface area contributed by atoms with Gasteiger partial charge in [-0.1, -0.05) is 5.16 Å². The number of nitrogens with zero attached hydrogens (tertiary/aromatic N) is 3. The summed E-state index contributed by atoms with van der Waals surface area (Å²) in [5.41, 5.74) is 1.93. The van der Waals surface area contributed by atoms with Crippen molar-refractivity contribution in [3.05, 3.63) is 29.7 Å². The van der Waals surface area contributed by atoms with E-state index in [4.69, 9.17) is 4.52 Å². The maximum Gasteiger partial charge on any atom is 0.263 e. The fraction of sp³-hybridized carbons (Fsp3) is 0.154. The first-order chi connectivity index (χ1) is 10.1. The number of phenolic OH excluding ortho intramolecular Hbond substituents is 1. The molecule has 108 valence electrons. The summed E-state index contributed by atoms with van der Waals surface area (Å²) in [5, 5.41) is 16.9. The third-order valence-electron chi connectivity index (χ3n) is 2.94. The fourth-order valence-electron chi connectivity index (χ4n) is 1.88. The summed E-state index contributed by atoms with van der Waals surface area (Å²) in [6.45, 7) is 1.84. The molecule has 0 fully saturated rings. The van der Waals surface area contributed by atoms with E-state index in [9.17, 15) is 9.50 Å². The molecule has 1 aromatic carbocycles. The van der Waals surface area contributed by atoms with Gasteiger partial charge in [0.15, 0.2) is 11.6 Å². The van der Waals surface area contributed by atoms with Gasteiger partial charge < -0.3 is 14.9 Å². The van der Waals surface area contributed by atoms with E-state index < -0.39 is 11.6 Å². The first kappa shape index (κ1) is 13.5. The lowest BCUT2D eigenvalue weighted by molar-refractivity contribution is 0.430. The predicted molar refractivity (Wildman–Crippen MR) is 76.7 cm³/mol. The molecule has 0 saturated carbocycles. The van der Waals surface area contributed by atoms with Crippen LogP contribution in [0.4, 0.5) is 9.39 Å². The number of halogens is 1. The number of rotatable bonds is 3. The minimum atomic E-state index is -0.733. The van der Waals surface area contributed by atoms with Crippen LogP contribution in [0.2, 0.25) is 0 Å². The smallest absolute Gasteiger partial charge is 0.263 e. The molecule has 0 aliphatic heterocycles. The third kappa shape index (κ3) is 2.33. The summed E-state index contributed by atoms with van der Waals surface area (Å²) < 4.78 is 22.8. The van der Waals surface area contributed by atoms with Crippen molar-refractivity contribution in [2.24, 2.45) is 0 Å². The van der Waals surface area contributed by atoms with Crippen molar-refractivity contribution in [2.75, 3.05) is 12.4 Å². The molecule has 0 aliphatic carbocycles. The number of hydrogen-bond donors (Lipinski definition) is 2.